The summed E-state index contributed by atoms with van der Waals surface area (Å²) in [6.07, 6.45) is -2.69. The van der Waals surface area contributed by atoms with Crippen molar-refractivity contribution in [3.05, 3.63) is 41.6 Å². The number of nitrogens with zero attached hydrogens (tertiary/aromatic N) is 3. The monoisotopic (exact) mass is 402 g/mol. The van der Waals surface area contributed by atoms with Gasteiger partial charge >= 0.3 is 6.18 Å². The van der Waals surface area contributed by atoms with E-state index in [9.17, 15) is 13.2 Å². The summed E-state index contributed by atoms with van der Waals surface area (Å²) in [5.74, 6) is 1.07. The van der Waals surface area contributed by atoms with Gasteiger partial charge in [0, 0.05) is 30.5 Å². The summed E-state index contributed by atoms with van der Waals surface area (Å²) >= 11 is 0. The van der Waals surface area contributed by atoms with Crippen LogP contribution in [-0.2, 0) is 17.3 Å². The molecule has 1 N–H and O–H groups in total. The van der Waals surface area contributed by atoms with Crippen LogP contribution in [0, 0.1) is 0 Å². The highest BCUT2D eigenvalue weighted by atomic mass is 35.5. The summed E-state index contributed by atoms with van der Waals surface area (Å²) in [6.45, 7) is 4.76. The highest BCUT2D eigenvalue weighted by Crippen LogP contribution is 2.31. The Morgan fingerprint density at radius 3 is 2.56 bits per heavy atom. The normalized spacial score (nSPS) is 14.6. The van der Waals surface area contributed by atoms with Crippen molar-refractivity contribution >= 4 is 29.9 Å². The van der Waals surface area contributed by atoms with Crippen molar-refractivity contribution in [3.63, 3.8) is 0 Å². The first kappa shape index (κ1) is 21.2. The number of benzene rings is 1. The lowest BCUT2D eigenvalue weighted by Gasteiger charge is -2.28. The van der Waals surface area contributed by atoms with Gasteiger partial charge in [0.05, 0.1) is 18.8 Å². The first-order chi connectivity index (χ1) is 12.5. The van der Waals surface area contributed by atoms with Crippen molar-refractivity contribution in [3.8, 4) is 0 Å². The first-order valence-corrected chi connectivity index (χ1v) is 8.60. The third kappa shape index (κ3) is 5.71. The SMILES string of the molecule is CCCc1cc(N2CCOCC2)nc(Nc2cccc(C(F)(F)F)c2)n1.Cl. The summed E-state index contributed by atoms with van der Waals surface area (Å²) in [5, 5.41) is 2.91. The maximum absolute atomic E-state index is 12.9. The fourth-order valence-corrected chi connectivity index (χ4v) is 2.78. The number of ether oxygens (including phenoxy) is 1. The molecule has 9 heteroatoms. The molecule has 27 heavy (non-hydrogen) atoms. The molecule has 1 aliphatic heterocycles. The molecule has 0 spiro atoms. The van der Waals surface area contributed by atoms with Crippen LogP contribution in [0.3, 0.4) is 0 Å². The van der Waals surface area contributed by atoms with Crippen molar-refractivity contribution < 1.29 is 17.9 Å². The Hall–Kier alpha value is -2.06. The van der Waals surface area contributed by atoms with E-state index >= 15 is 0 Å². The van der Waals surface area contributed by atoms with Gasteiger partial charge in [-0.2, -0.15) is 18.2 Å². The number of rotatable bonds is 5. The van der Waals surface area contributed by atoms with Crippen molar-refractivity contribution in [2.24, 2.45) is 0 Å². The van der Waals surface area contributed by atoms with Crippen LogP contribution in [-0.4, -0.2) is 36.3 Å². The van der Waals surface area contributed by atoms with Crippen LogP contribution in [0.25, 0.3) is 0 Å². The summed E-state index contributed by atoms with van der Waals surface area (Å²) < 4.78 is 44.1. The lowest BCUT2D eigenvalue weighted by Crippen LogP contribution is -2.37. The third-order valence-corrected chi connectivity index (χ3v) is 4.05. The standard InChI is InChI=1S/C18H21F3N4O.ClH/c1-2-4-14-12-16(25-7-9-26-10-8-25)24-17(22-14)23-15-6-3-5-13(11-15)18(19,20)21;/h3,5-6,11-12H,2,4,7-10H2,1H3,(H,22,23,24);1H. The van der Waals surface area contributed by atoms with Gasteiger partial charge in [0.15, 0.2) is 0 Å². The Balaban J connectivity index is 0.00000261. The molecular weight excluding hydrogens is 381 g/mol. The lowest BCUT2D eigenvalue weighted by molar-refractivity contribution is -0.137. The average Bonchev–Trinajstić information content (AvgIpc) is 2.62. The Morgan fingerprint density at radius 1 is 1.15 bits per heavy atom. The van der Waals surface area contributed by atoms with Crippen LogP contribution in [0.1, 0.15) is 24.6 Å². The Morgan fingerprint density at radius 2 is 1.89 bits per heavy atom. The molecule has 2 aromatic rings. The molecule has 0 atom stereocenters. The van der Waals surface area contributed by atoms with Gasteiger partial charge in [0.2, 0.25) is 5.95 Å². The zero-order valence-corrected chi connectivity index (χ0v) is 15.7. The Kier molecular flexibility index (Phi) is 7.26. The van der Waals surface area contributed by atoms with Crippen LogP contribution in [0.4, 0.5) is 30.6 Å². The summed E-state index contributed by atoms with van der Waals surface area (Å²) in [6, 6.07) is 6.97. The molecule has 0 radical (unpaired) electrons. The molecular formula is C18H22ClF3N4O. The number of halogens is 4. The minimum absolute atomic E-state index is 0. The highest BCUT2D eigenvalue weighted by Gasteiger charge is 2.30. The van der Waals surface area contributed by atoms with Crippen molar-refractivity contribution in [1.82, 2.24) is 9.97 Å². The van der Waals surface area contributed by atoms with Crippen LogP contribution in [0.5, 0.6) is 0 Å². The van der Waals surface area contributed by atoms with E-state index in [4.69, 9.17) is 4.74 Å². The minimum Gasteiger partial charge on any atom is -0.378 e. The second-order valence-corrected chi connectivity index (χ2v) is 6.09. The topological polar surface area (TPSA) is 50.3 Å². The molecule has 1 saturated heterocycles. The van der Waals surface area contributed by atoms with Gasteiger partial charge in [-0.1, -0.05) is 19.4 Å². The Labute approximate surface area is 162 Å². The number of anilines is 3. The lowest BCUT2D eigenvalue weighted by atomic mass is 10.2. The van der Waals surface area contributed by atoms with E-state index in [1.807, 2.05) is 6.07 Å². The molecule has 0 saturated carbocycles. The number of hydrogen-bond donors (Lipinski definition) is 1. The van der Waals surface area contributed by atoms with E-state index in [1.54, 1.807) is 6.07 Å². The zero-order valence-electron chi connectivity index (χ0n) is 14.9. The highest BCUT2D eigenvalue weighted by molar-refractivity contribution is 5.85. The fourth-order valence-electron chi connectivity index (χ4n) is 2.78. The Bertz CT molecular complexity index is 752. The van der Waals surface area contributed by atoms with Gasteiger partial charge < -0.3 is 15.0 Å². The van der Waals surface area contributed by atoms with E-state index in [2.05, 4.69) is 27.1 Å². The predicted molar refractivity (Wildman–Crippen MR) is 101 cm³/mol. The van der Waals surface area contributed by atoms with Gasteiger partial charge in [-0.3, -0.25) is 0 Å². The first-order valence-electron chi connectivity index (χ1n) is 8.60. The van der Waals surface area contributed by atoms with Crippen LogP contribution in [0.15, 0.2) is 30.3 Å². The van der Waals surface area contributed by atoms with Crippen molar-refractivity contribution in [2.75, 3.05) is 36.5 Å². The van der Waals surface area contributed by atoms with E-state index in [1.165, 1.54) is 6.07 Å². The number of hydrogen-bond acceptors (Lipinski definition) is 5. The van der Waals surface area contributed by atoms with Gasteiger partial charge in [-0.15, -0.1) is 12.4 Å². The second kappa shape index (κ2) is 9.23. The largest absolute Gasteiger partial charge is 0.416 e. The van der Waals surface area contributed by atoms with Crippen LogP contribution < -0.4 is 10.2 Å². The molecule has 0 unspecified atom stereocenters. The molecule has 1 aromatic carbocycles. The van der Waals surface area contributed by atoms with Gasteiger partial charge in [-0.05, 0) is 24.6 Å². The van der Waals surface area contributed by atoms with Gasteiger partial charge in [-0.25, -0.2) is 4.98 Å². The molecule has 0 amide bonds. The maximum atomic E-state index is 12.9. The van der Waals surface area contributed by atoms with Gasteiger partial charge in [0.25, 0.3) is 0 Å². The number of morpholine rings is 1. The summed E-state index contributed by atoms with van der Waals surface area (Å²) in [7, 11) is 0. The molecule has 1 aliphatic rings. The van der Waals surface area contributed by atoms with E-state index in [-0.39, 0.29) is 12.4 Å². The summed E-state index contributed by atoms with van der Waals surface area (Å²) in [5.41, 5.74) is 0.459. The minimum atomic E-state index is -4.39. The quantitative estimate of drug-likeness (QED) is 0.800. The van der Waals surface area contributed by atoms with E-state index in [0.717, 1.165) is 49.6 Å². The zero-order chi connectivity index (χ0) is 18.6. The fraction of sp³-hybridized carbons (Fsp3) is 0.444. The molecule has 148 valence electrons. The van der Waals surface area contributed by atoms with Crippen LogP contribution >= 0.6 is 12.4 Å². The van der Waals surface area contributed by atoms with E-state index in [0.29, 0.717) is 24.8 Å². The summed E-state index contributed by atoms with van der Waals surface area (Å²) in [4.78, 5) is 11.0. The number of nitrogens with one attached hydrogen (secondary N) is 1. The van der Waals surface area contributed by atoms with Gasteiger partial charge in [0.1, 0.15) is 5.82 Å². The molecule has 0 aliphatic carbocycles. The average molecular weight is 403 g/mol. The van der Waals surface area contributed by atoms with Crippen LogP contribution in [0.2, 0.25) is 0 Å². The van der Waals surface area contributed by atoms with E-state index < -0.39 is 11.7 Å². The third-order valence-electron chi connectivity index (χ3n) is 4.05. The smallest absolute Gasteiger partial charge is 0.378 e. The second-order valence-electron chi connectivity index (χ2n) is 6.09. The maximum Gasteiger partial charge on any atom is 0.416 e. The molecule has 0 bridgehead atoms. The molecule has 5 nitrogen and oxygen atoms in total. The predicted octanol–water partition coefficient (Wildman–Crippen LogP) is 4.45. The number of aromatic nitrogens is 2. The molecule has 3 rings (SSSR count). The van der Waals surface area contributed by atoms with Crippen molar-refractivity contribution in [2.45, 2.75) is 25.9 Å². The molecule has 2 heterocycles. The number of aryl methyl sites for hydroxylation is 1. The van der Waals surface area contributed by atoms with Crippen molar-refractivity contribution in [1.29, 1.82) is 0 Å². The number of alkyl halides is 3. The molecule has 1 aromatic heterocycles. The molecule has 1 fully saturated rings.